The molecule has 1 aromatic rings. The van der Waals surface area contributed by atoms with Crippen molar-refractivity contribution in [1.29, 1.82) is 0 Å². The van der Waals surface area contributed by atoms with Crippen molar-refractivity contribution in [2.75, 3.05) is 13.7 Å². The fourth-order valence-corrected chi connectivity index (χ4v) is 3.17. The van der Waals surface area contributed by atoms with E-state index >= 15 is 0 Å². The smallest absolute Gasteiger partial charge is 0.308 e. The van der Waals surface area contributed by atoms with Crippen molar-refractivity contribution in [2.24, 2.45) is 10.9 Å². The van der Waals surface area contributed by atoms with E-state index in [0.29, 0.717) is 12.6 Å². The molecule has 0 aromatic heterocycles. The van der Waals surface area contributed by atoms with Crippen molar-refractivity contribution >= 4 is 27.9 Å². The van der Waals surface area contributed by atoms with Crippen molar-refractivity contribution < 1.29 is 9.53 Å². The number of guanidine groups is 1. The molecule has 0 atom stereocenters. The van der Waals surface area contributed by atoms with E-state index in [9.17, 15) is 4.79 Å². The van der Waals surface area contributed by atoms with Crippen LogP contribution in [-0.2, 0) is 16.1 Å². The lowest BCUT2D eigenvalue weighted by atomic mass is 9.86. The van der Waals surface area contributed by atoms with Gasteiger partial charge in [-0.1, -0.05) is 28.1 Å². The highest BCUT2D eigenvalue weighted by Crippen LogP contribution is 2.25. The summed E-state index contributed by atoms with van der Waals surface area (Å²) < 4.78 is 6.19. The zero-order chi connectivity index (χ0) is 17.4. The van der Waals surface area contributed by atoms with Gasteiger partial charge in [0.1, 0.15) is 0 Å². The molecule has 0 heterocycles. The van der Waals surface area contributed by atoms with Gasteiger partial charge in [-0.15, -0.1) is 0 Å². The lowest BCUT2D eigenvalue weighted by Crippen LogP contribution is -2.45. The summed E-state index contributed by atoms with van der Waals surface area (Å²) in [6.45, 7) is 3.04. The third-order valence-electron chi connectivity index (χ3n) is 4.28. The fraction of sp³-hybridized carbons (Fsp3) is 0.556. The van der Waals surface area contributed by atoms with E-state index < -0.39 is 0 Å². The van der Waals surface area contributed by atoms with E-state index in [1.807, 2.05) is 19.1 Å². The Morgan fingerprint density at radius 1 is 1.25 bits per heavy atom. The van der Waals surface area contributed by atoms with Crippen LogP contribution < -0.4 is 10.6 Å². The van der Waals surface area contributed by atoms with Crippen LogP contribution in [0.25, 0.3) is 0 Å². The van der Waals surface area contributed by atoms with Gasteiger partial charge in [-0.05, 0) is 50.3 Å². The molecule has 0 radical (unpaired) electrons. The number of esters is 1. The summed E-state index contributed by atoms with van der Waals surface area (Å²) in [6.07, 6.45) is 3.67. The van der Waals surface area contributed by atoms with E-state index in [4.69, 9.17) is 4.74 Å². The first-order valence-electron chi connectivity index (χ1n) is 8.50. The molecule has 1 saturated carbocycles. The Labute approximate surface area is 152 Å². The topological polar surface area (TPSA) is 62.7 Å². The first kappa shape index (κ1) is 18.8. The number of benzene rings is 1. The van der Waals surface area contributed by atoms with Crippen LogP contribution in [0.4, 0.5) is 0 Å². The number of hydrogen-bond acceptors (Lipinski definition) is 3. The maximum Gasteiger partial charge on any atom is 0.308 e. The molecule has 24 heavy (non-hydrogen) atoms. The molecule has 2 N–H and O–H groups in total. The predicted molar refractivity (Wildman–Crippen MR) is 99.9 cm³/mol. The molecule has 6 heteroatoms. The molecule has 2 rings (SSSR count). The van der Waals surface area contributed by atoms with Crippen LogP contribution in [0.5, 0.6) is 0 Å². The van der Waals surface area contributed by atoms with Gasteiger partial charge >= 0.3 is 5.97 Å². The van der Waals surface area contributed by atoms with Gasteiger partial charge in [0.25, 0.3) is 0 Å². The Kier molecular flexibility index (Phi) is 7.56. The van der Waals surface area contributed by atoms with Crippen molar-refractivity contribution in [3.8, 4) is 0 Å². The van der Waals surface area contributed by atoms with Crippen LogP contribution in [0.2, 0.25) is 0 Å². The van der Waals surface area contributed by atoms with E-state index in [1.54, 1.807) is 7.05 Å². The van der Waals surface area contributed by atoms with E-state index in [1.165, 1.54) is 5.56 Å². The third-order valence-corrected chi connectivity index (χ3v) is 4.81. The highest BCUT2D eigenvalue weighted by Gasteiger charge is 2.27. The largest absolute Gasteiger partial charge is 0.466 e. The van der Waals surface area contributed by atoms with Crippen molar-refractivity contribution in [1.82, 2.24) is 10.6 Å². The van der Waals surface area contributed by atoms with Gasteiger partial charge in [-0.25, -0.2) is 0 Å². The Bertz CT molecular complexity index is 552. The third kappa shape index (κ3) is 5.82. The minimum atomic E-state index is -0.0475. The number of nitrogens with zero attached hydrogens (tertiary/aromatic N) is 1. The monoisotopic (exact) mass is 395 g/mol. The predicted octanol–water partition coefficient (Wildman–Crippen LogP) is 3.24. The van der Waals surface area contributed by atoms with E-state index in [-0.39, 0.29) is 11.9 Å². The maximum atomic E-state index is 11.8. The summed E-state index contributed by atoms with van der Waals surface area (Å²) in [4.78, 5) is 16.1. The molecular weight excluding hydrogens is 370 g/mol. The van der Waals surface area contributed by atoms with Gasteiger partial charge in [0, 0.05) is 24.1 Å². The zero-order valence-corrected chi connectivity index (χ0v) is 15.9. The Morgan fingerprint density at radius 2 is 1.92 bits per heavy atom. The number of nitrogens with one attached hydrogen (secondary N) is 2. The SMILES string of the molecule is CCOC(=O)C1CCC(NC(=NC)NCc2ccc(Br)cc2)CC1. The van der Waals surface area contributed by atoms with Gasteiger partial charge in [-0.2, -0.15) is 0 Å². The number of aliphatic imine (C=N–C) groups is 1. The van der Waals surface area contributed by atoms with Crippen LogP contribution >= 0.6 is 15.9 Å². The quantitative estimate of drug-likeness (QED) is 0.456. The first-order chi connectivity index (χ1) is 11.6. The minimum Gasteiger partial charge on any atom is -0.466 e. The highest BCUT2D eigenvalue weighted by atomic mass is 79.9. The average molecular weight is 396 g/mol. The average Bonchev–Trinajstić information content (AvgIpc) is 2.60. The van der Waals surface area contributed by atoms with Gasteiger partial charge in [-0.3, -0.25) is 9.79 Å². The van der Waals surface area contributed by atoms with Crippen LogP contribution in [0.3, 0.4) is 0 Å². The molecule has 0 bridgehead atoms. The number of carbonyl (C=O) groups is 1. The standard InChI is InChI=1S/C18H26BrN3O2/c1-3-24-17(23)14-6-10-16(11-7-14)22-18(20-2)21-12-13-4-8-15(19)9-5-13/h4-5,8-9,14,16H,3,6-7,10-12H2,1-2H3,(H2,20,21,22). The molecule has 0 saturated heterocycles. The second-order valence-corrected chi connectivity index (χ2v) is 6.91. The van der Waals surface area contributed by atoms with E-state index in [0.717, 1.165) is 42.7 Å². The second kappa shape index (κ2) is 9.67. The summed E-state index contributed by atoms with van der Waals surface area (Å²) in [6, 6.07) is 8.57. The first-order valence-corrected chi connectivity index (χ1v) is 9.30. The Morgan fingerprint density at radius 3 is 2.50 bits per heavy atom. The molecule has 1 aliphatic rings. The molecule has 1 fully saturated rings. The number of carbonyl (C=O) groups excluding carboxylic acids is 1. The molecule has 0 amide bonds. The molecule has 1 aromatic carbocycles. The second-order valence-electron chi connectivity index (χ2n) is 6.00. The van der Waals surface area contributed by atoms with Crippen molar-refractivity contribution in [2.45, 2.75) is 45.2 Å². The molecule has 132 valence electrons. The lowest BCUT2D eigenvalue weighted by Gasteiger charge is -2.29. The van der Waals surface area contributed by atoms with Gasteiger partial charge in [0.2, 0.25) is 0 Å². The van der Waals surface area contributed by atoms with Crippen molar-refractivity contribution in [3.63, 3.8) is 0 Å². The maximum absolute atomic E-state index is 11.8. The summed E-state index contributed by atoms with van der Waals surface area (Å²) in [7, 11) is 1.78. The summed E-state index contributed by atoms with van der Waals surface area (Å²) >= 11 is 3.44. The molecule has 1 aliphatic carbocycles. The molecule has 0 aliphatic heterocycles. The summed E-state index contributed by atoms with van der Waals surface area (Å²) in [5.41, 5.74) is 1.20. The summed E-state index contributed by atoms with van der Waals surface area (Å²) in [5.74, 6) is 0.812. The van der Waals surface area contributed by atoms with Gasteiger partial charge in [0.05, 0.1) is 12.5 Å². The molecular formula is C18H26BrN3O2. The van der Waals surface area contributed by atoms with Crippen LogP contribution in [0.15, 0.2) is 33.7 Å². The fourth-order valence-electron chi connectivity index (χ4n) is 2.91. The molecule has 5 nitrogen and oxygen atoms in total. The van der Waals surface area contributed by atoms with Gasteiger partial charge < -0.3 is 15.4 Å². The van der Waals surface area contributed by atoms with Crippen LogP contribution in [-0.4, -0.2) is 31.6 Å². The number of rotatable bonds is 5. The Balaban J connectivity index is 1.75. The highest BCUT2D eigenvalue weighted by molar-refractivity contribution is 9.10. The van der Waals surface area contributed by atoms with Gasteiger partial charge in [0.15, 0.2) is 5.96 Å². The van der Waals surface area contributed by atoms with Crippen LogP contribution in [0.1, 0.15) is 38.2 Å². The molecule has 0 spiro atoms. The zero-order valence-electron chi connectivity index (χ0n) is 14.3. The summed E-state index contributed by atoms with van der Waals surface area (Å²) in [5, 5.41) is 6.79. The minimum absolute atomic E-state index is 0.0475. The number of halogens is 1. The van der Waals surface area contributed by atoms with Crippen molar-refractivity contribution in [3.05, 3.63) is 34.3 Å². The van der Waals surface area contributed by atoms with Crippen LogP contribution in [0, 0.1) is 5.92 Å². The normalized spacial score (nSPS) is 21.2. The lowest BCUT2D eigenvalue weighted by molar-refractivity contribution is -0.149. The Hall–Kier alpha value is -1.56. The van der Waals surface area contributed by atoms with E-state index in [2.05, 4.69) is 43.7 Å². The number of ether oxygens (including phenoxy) is 1. The number of hydrogen-bond donors (Lipinski definition) is 2. The molecule has 0 unspecified atom stereocenters.